The minimum atomic E-state index is 0.123. The van der Waals surface area contributed by atoms with E-state index in [1.807, 2.05) is 0 Å². The average molecular weight is 305 g/mol. The first-order valence-corrected chi connectivity index (χ1v) is 8.47. The zero-order valence-electron chi connectivity index (χ0n) is 12.3. The van der Waals surface area contributed by atoms with Gasteiger partial charge in [0.15, 0.2) is 5.78 Å². The summed E-state index contributed by atoms with van der Waals surface area (Å²) in [7, 11) is 0. The van der Waals surface area contributed by atoms with Crippen molar-refractivity contribution in [3.63, 3.8) is 0 Å². The SMILES string of the molecule is CC(=O)c1sc(CSc2ccc(C)cc2)nc1C(C)C. The molecule has 0 fully saturated rings. The molecular weight excluding hydrogens is 286 g/mol. The lowest BCUT2D eigenvalue weighted by Crippen LogP contribution is -1.97. The van der Waals surface area contributed by atoms with Crippen LogP contribution in [0.4, 0.5) is 0 Å². The van der Waals surface area contributed by atoms with E-state index in [2.05, 4.69) is 50.0 Å². The Morgan fingerprint density at radius 3 is 2.45 bits per heavy atom. The van der Waals surface area contributed by atoms with Gasteiger partial charge in [-0.3, -0.25) is 4.79 Å². The Hall–Kier alpha value is -1.13. The quantitative estimate of drug-likeness (QED) is 0.570. The van der Waals surface area contributed by atoms with E-state index in [0.717, 1.165) is 21.3 Å². The fraction of sp³-hybridized carbons (Fsp3) is 0.375. The van der Waals surface area contributed by atoms with Gasteiger partial charge in [-0.25, -0.2) is 4.98 Å². The molecule has 0 radical (unpaired) electrons. The van der Waals surface area contributed by atoms with E-state index in [1.54, 1.807) is 18.7 Å². The van der Waals surface area contributed by atoms with Gasteiger partial charge in [-0.05, 0) is 25.0 Å². The summed E-state index contributed by atoms with van der Waals surface area (Å²) in [6.45, 7) is 7.87. The van der Waals surface area contributed by atoms with Gasteiger partial charge in [0.05, 0.1) is 16.3 Å². The summed E-state index contributed by atoms with van der Waals surface area (Å²) in [5.41, 5.74) is 2.21. The van der Waals surface area contributed by atoms with Crippen LogP contribution in [-0.2, 0) is 5.75 Å². The number of carbonyl (C=O) groups is 1. The summed E-state index contributed by atoms with van der Waals surface area (Å²) >= 11 is 3.30. The van der Waals surface area contributed by atoms with E-state index in [1.165, 1.54) is 21.8 Å². The first-order chi connectivity index (χ1) is 9.47. The first-order valence-electron chi connectivity index (χ1n) is 6.67. The predicted molar refractivity (Wildman–Crippen MR) is 86.9 cm³/mol. The largest absolute Gasteiger partial charge is 0.294 e. The highest BCUT2D eigenvalue weighted by molar-refractivity contribution is 7.98. The maximum atomic E-state index is 11.7. The summed E-state index contributed by atoms with van der Waals surface area (Å²) in [5, 5.41) is 1.03. The van der Waals surface area contributed by atoms with Gasteiger partial charge in [-0.1, -0.05) is 31.5 Å². The van der Waals surface area contributed by atoms with Crippen LogP contribution in [0.25, 0.3) is 0 Å². The fourth-order valence-electron chi connectivity index (χ4n) is 1.86. The summed E-state index contributed by atoms with van der Waals surface area (Å²) in [6.07, 6.45) is 0. The summed E-state index contributed by atoms with van der Waals surface area (Å²) in [4.78, 5) is 18.4. The number of thioether (sulfide) groups is 1. The van der Waals surface area contributed by atoms with Crippen LogP contribution in [0.3, 0.4) is 0 Å². The maximum Gasteiger partial charge on any atom is 0.171 e. The molecule has 0 unspecified atom stereocenters. The van der Waals surface area contributed by atoms with Crippen LogP contribution in [-0.4, -0.2) is 10.8 Å². The molecule has 2 aromatic rings. The molecule has 0 spiro atoms. The number of rotatable bonds is 5. The monoisotopic (exact) mass is 305 g/mol. The summed E-state index contributed by atoms with van der Waals surface area (Å²) < 4.78 is 0. The molecule has 0 aliphatic rings. The van der Waals surface area contributed by atoms with Crippen LogP contribution in [0.1, 0.15) is 52.6 Å². The number of Topliss-reactive ketones (excluding diaryl/α,β-unsaturated/α-hetero) is 1. The second-order valence-electron chi connectivity index (χ2n) is 5.13. The van der Waals surface area contributed by atoms with E-state index >= 15 is 0 Å². The first kappa shape index (κ1) is 15.3. The molecule has 2 nitrogen and oxygen atoms in total. The van der Waals surface area contributed by atoms with Crippen molar-refractivity contribution < 1.29 is 4.79 Å². The van der Waals surface area contributed by atoms with E-state index < -0.39 is 0 Å². The molecule has 0 saturated heterocycles. The van der Waals surface area contributed by atoms with Crippen molar-refractivity contribution in [3.05, 3.63) is 45.4 Å². The number of carbonyl (C=O) groups excluding carboxylic acids is 1. The van der Waals surface area contributed by atoms with Crippen LogP contribution in [0, 0.1) is 6.92 Å². The third-order valence-electron chi connectivity index (χ3n) is 2.95. The lowest BCUT2D eigenvalue weighted by molar-refractivity contribution is 0.102. The lowest BCUT2D eigenvalue weighted by atomic mass is 10.1. The van der Waals surface area contributed by atoms with Crippen LogP contribution >= 0.6 is 23.1 Å². The number of hydrogen-bond donors (Lipinski definition) is 0. The lowest BCUT2D eigenvalue weighted by Gasteiger charge is -2.01. The molecule has 0 amide bonds. The Bertz CT molecular complexity index is 599. The molecule has 1 heterocycles. The topological polar surface area (TPSA) is 30.0 Å². The van der Waals surface area contributed by atoms with Gasteiger partial charge < -0.3 is 0 Å². The normalized spacial score (nSPS) is 11.1. The number of hydrogen-bond acceptors (Lipinski definition) is 4. The average Bonchev–Trinajstić information content (AvgIpc) is 2.83. The molecule has 4 heteroatoms. The standard InChI is InChI=1S/C16H19NOS2/c1-10(2)15-16(12(4)18)20-14(17-15)9-19-13-7-5-11(3)6-8-13/h5-8,10H,9H2,1-4H3. The van der Waals surface area contributed by atoms with Crippen LogP contribution in [0.15, 0.2) is 29.2 Å². The number of aryl methyl sites for hydroxylation is 1. The molecule has 0 N–H and O–H groups in total. The Morgan fingerprint density at radius 1 is 1.30 bits per heavy atom. The summed E-state index contributed by atoms with van der Waals surface area (Å²) in [6, 6.07) is 8.49. The van der Waals surface area contributed by atoms with Crippen LogP contribution < -0.4 is 0 Å². The Morgan fingerprint density at radius 2 is 1.95 bits per heavy atom. The van der Waals surface area contributed by atoms with Crippen molar-refractivity contribution in [2.45, 2.75) is 44.3 Å². The number of aromatic nitrogens is 1. The molecule has 0 aliphatic carbocycles. The maximum absolute atomic E-state index is 11.7. The van der Waals surface area contributed by atoms with E-state index in [9.17, 15) is 4.79 Å². The molecule has 1 aromatic heterocycles. The third kappa shape index (κ3) is 3.70. The molecule has 0 bridgehead atoms. The minimum Gasteiger partial charge on any atom is -0.294 e. The smallest absolute Gasteiger partial charge is 0.171 e. The van der Waals surface area contributed by atoms with Crippen molar-refractivity contribution >= 4 is 28.9 Å². The molecule has 1 aromatic carbocycles. The molecular formula is C16H19NOS2. The minimum absolute atomic E-state index is 0.123. The van der Waals surface area contributed by atoms with Gasteiger partial charge in [0.25, 0.3) is 0 Å². The van der Waals surface area contributed by atoms with Crippen molar-refractivity contribution in [1.82, 2.24) is 4.98 Å². The predicted octanol–water partition coefficient (Wildman–Crippen LogP) is 5.07. The van der Waals surface area contributed by atoms with Gasteiger partial charge in [-0.2, -0.15) is 0 Å². The Balaban J connectivity index is 2.12. The van der Waals surface area contributed by atoms with E-state index in [4.69, 9.17) is 0 Å². The van der Waals surface area contributed by atoms with Crippen molar-refractivity contribution in [2.24, 2.45) is 0 Å². The second-order valence-corrected chi connectivity index (χ2v) is 7.27. The zero-order valence-corrected chi connectivity index (χ0v) is 13.9. The zero-order chi connectivity index (χ0) is 14.7. The van der Waals surface area contributed by atoms with E-state index in [-0.39, 0.29) is 5.78 Å². The second kappa shape index (κ2) is 6.55. The van der Waals surface area contributed by atoms with E-state index in [0.29, 0.717) is 5.92 Å². The van der Waals surface area contributed by atoms with Gasteiger partial charge in [0, 0.05) is 11.8 Å². The number of nitrogens with zero attached hydrogens (tertiary/aromatic N) is 1. The number of benzene rings is 1. The highest BCUT2D eigenvalue weighted by atomic mass is 32.2. The van der Waals surface area contributed by atoms with Gasteiger partial charge in [0.1, 0.15) is 5.01 Å². The van der Waals surface area contributed by atoms with Gasteiger partial charge in [-0.15, -0.1) is 23.1 Å². The molecule has 2 rings (SSSR count). The molecule has 0 aliphatic heterocycles. The molecule has 106 valence electrons. The summed E-state index contributed by atoms with van der Waals surface area (Å²) in [5.74, 6) is 1.24. The molecule has 0 saturated carbocycles. The number of ketones is 1. The molecule has 0 atom stereocenters. The van der Waals surface area contributed by atoms with Gasteiger partial charge in [0.2, 0.25) is 0 Å². The van der Waals surface area contributed by atoms with Crippen molar-refractivity contribution in [3.8, 4) is 0 Å². The highest BCUT2D eigenvalue weighted by Gasteiger charge is 2.17. The third-order valence-corrected chi connectivity index (χ3v) is 5.33. The van der Waals surface area contributed by atoms with Crippen molar-refractivity contribution in [1.29, 1.82) is 0 Å². The highest BCUT2D eigenvalue weighted by Crippen LogP contribution is 2.30. The Labute approximate surface area is 128 Å². The molecule has 20 heavy (non-hydrogen) atoms. The van der Waals surface area contributed by atoms with Crippen molar-refractivity contribution in [2.75, 3.05) is 0 Å². The van der Waals surface area contributed by atoms with Crippen LogP contribution in [0.5, 0.6) is 0 Å². The van der Waals surface area contributed by atoms with Crippen LogP contribution in [0.2, 0.25) is 0 Å². The number of thiazole rings is 1. The fourth-order valence-corrected chi connectivity index (χ4v) is 3.87. The Kier molecular flexibility index (Phi) is 5.00. The van der Waals surface area contributed by atoms with Gasteiger partial charge >= 0.3 is 0 Å².